The molecule has 0 radical (unpaired) electrons. The van der Waals surface area contributed by atoms with Gasteiger partial charge in [0.1, 0.15) is 6.79 Å². The van der Waals surface area contributed by atoms with Crippen LogP contribution in [0.15, 0.2) is 36.0 Å². The molecule has 0 aromatic heterocycles. The number of allylic oxidation sites excluding steroid dienone is 4. The second kappa shape index (κ2) is 16.7. The SMILES string of the molecule is C=CCC1[C@H](O[Si](C)(C)C(C)(C)C)CC(=C/C=C2\CCC[C@]3(C)[C@@H]([C@H](C)CCCC(C)(C)OCOC)CC[C@@H]23)C[C@H]1O[Si](C)(C)C(C)(C)C. The molecule has 284 valence electrons. The van der Waals surface area contributed by atoms with Crippen molar-refractivity contribution >= 4 is 16.6 Å². The molecule has 0 bridgehead atoms. The molecule has 3 rings (SSSR count). The summed E-state index contributed by atoms with van der Waals surface area (Å²) in [7, 11) is -2.25. The lowest BCUT2D eigenvalue weighted by molar-refractivity contribution is -0.118. The molecule has 6 atom stereocenters. The van der Waals surface area contributed by atoms with Crippen LogP contribution in [0, 0.1) is 29.1 Å². The maximum atomic E-state index is 7.31. The van der Waals surface area contributed by atoms with Gasteiger partial charge in [-0.25, -0.2) is 0 Å². The number of hydrogen-bond donors (Lipinski definition) is 0. The predicted octanol–water partition coefficient (Wildman–Crippen LogP) is 13.0. The van der Waals surface area contributed by atoms with E-state index in [0.717, 1.165) is 37.5 Å². The first-order chi connectivity index (χ1) is 22.5. The fraction of sp³-hybridized carbons (Fsp3) is 0.860. The quantitative estimate of drug-likeness (QED) is 0.0960. The summed E-state index contributed by atoms with van der Waals surface area (Å²) in [6, 6.07) is 0. The van der Waals surface area contributed by atoms with E-state index < -0.39 is 16.6 Å². The highest BCUT2D eigenvalue weighted by Gasteiger charge is 2.51. The summed E-state index contributed by atoms with van der Waals surface area (Å²) in [6.07, 6.45) is 20.8. The van der Waals surface area contributed by atoms with Crippen molar-refractivity contribution in [3.8, 4) is 0 Å². The van der Waals surface area contributed by atoms with E-state index in [0.29, 0.717) is 24.0 Å². The lowest BCUT2D eigenvalue weighted by atomic mass is 9.60. The van der Waals surface area contributed by atoms with Gasteiger partial charge in [-0.05, 0) is 131 Å². The molecule has 3 aliphatic carbocycles. The zero-order valence-corrected chi connectivity index (χ0v) is 37.0. The molecule has 4 nitrogen and oxygen atoms in total. The van der Waals surface area contributed by atoms with Gasteiger partial charge in [-0.1, -0.05) is 97.6 Å². The Balaban J connectivity index is 1.86. The Morgan fingerprint density at radius 2 is 1.47 bits per heavy atom. The first-order valence-electron chi connectivity index (χ1n) is 20.0. The number of ether oxygens (including phenoxy) is 2. The third kappa shape index (κ3) is 10.8. The fourth-order valence-corrected chi connectivity index (χ4v) is 11.7. The molecule has 0 N–H and O–H groups in total. The summed E-state index contributed by atoms with van der Waals surface area (Å²) in [5, 5.41) is 0.336. The highest BCUT2D eigenvalue weighted by atomic mass is 28.4. The molecule has 0 aromatic rings. The van der Waals surface area contributed by atoms with E-state index in [9.17, 15) is 0 Å². The molecule has 49 heavy (non-hydrogen) atoms. The Hall–Kier alpha value is -0.506. The van der Waals surface area contributed by atoms with E-state index >= 15 is 0 Å². The molecule has 6 heteroatoms. The van der Waals surface area contributed by atoms with Crippen LogP contribution in [0.4, 0.5) is 0 Å². The molecule has 0 aliphatic heterocycles. The summed E-state index contributed by atoms with van der Waals surface area (Å²) >= 11 is 0. The largest absolute Gasteiger partial charge is 0.413 e. The fourth-order valence-electron chi connectivity index (χ4n) is 8.92. The summed E-state index contributed by atoms with van der Waals surface area (Å²) in [4.78, 5) is 0. The van der Waals surface area contributed by atoms with Gasteiger partial charge in [-0.3, -0.25) is 0 Å². The summed E-state index contributed by atoms with van der Waals surface area (Å²) in [5.74, 6) is 2.60. The lowest BCUT2D eigenvalue weighted by Crippen LogP contribution is -2.53. The zero-order chi connectivity index (χ0) is 37.1. The second-order valence-corrected chi connectivity index (χ2v) is 29.8. The van der Waals surface area contributed by atoms with Gasteiger partial charge in [-0.2, -0.15) is 0 Å². The Morgan fingerprint density at radius 1 is 0.898 bits per heavy atom. The highest BCUT2D eigenvalue weighted by molar-refractivity contribution is 6.74. The van der Waals surface area contributed by atoms with Crippen molar-refractivity contribution in [3.63, 3.8) is 0 Å². The van der Waals surface area contributed by atoms with E-state index in [2.05, 4.69) is 120 Å². The summed E-state index contributed by atoms with van der Waals surface area (Å²) in [6.45, 7) is 38.0. The van der Waals surface area contributed by atoms with Gasteiger partial charge >= 0.3 is 0 Å². The molecule has 0 saturated heterocycles. The van der Waals surface area contributed by atoms with Crippen LogP contribution in [-0.4, -0.2) is 48.3 Å². The lowest BCUT2D eigenvalue weighted by Gasteiger charge is -2.48. The molecule has 3 saturated carbocycles. The molecule has 0 spiro atoms. The predicted molar refractivity (Wildman–Crippen MR) is 216 cm³/mol. The van der Waals surface area contributed by atoms with Gasteiger partial charge in [0.15, 0.2) is 16.6 Å². The van der Waals surface area contributed by atoms with Crippen molar-refractivity contribution in [2.45, 2.75) is 194 Å². The number of rotatable bonds is 15. The van der Waals surface area contributed by atoms with Crippen LogP contribution >= 0.6 is 0 Å². The Morgan fingerprint density at radius 3 is 1.98 bits per heavy atom. The van der Waals surface area contributed by atoms with Gasteiger partial charge in [0.05, 0.1) is 17.8 Å². The summed E-state index contributed by atoms with van der Waals surface area (Å²) < 4.78 is 25.7. The van der Waals surface area contributed by atoms with Gasteiger partial charge in [0.2, 0.25) is 0 Å². The molecular formula is C43H80O4Si2. The van der Waals surface area contributed by atoms with E-state index in [1.165, 1.54) is 50.5 Å². The van der Waals surface area contributed by atoms with Crippen LogP contribution in [0.2, 0.25) is 36.3 Å². The monoisotopic (exact) mass is 717 g/mol. The average Bonchev–Trinajstić information content (AvgIpc) is 3.32. The summed E-state index contributed by atoms with van der Waals surface area (Å²) in [5.41, 5.74) is 3.52. The van der Waals surface area contributed by atoms with Crippen LogP contribution in [0.1, 0.15) is 140 Å². The van der Waals surface area contributed by atoms with Crippen molar-refractivity contribution in [2.24, 2.45) is 29.1 Å². The molecular weight excluding hydrogens is 637 g/mol. The standard InChI is InChI=1S/C43H80O4Si2/c1-17-20-35-38(46-48(13,14)40(3,4)5)29-33(30-39(35)47-49(15,16)41(6,7)8)23-24-34-22-19-28-43(11)36(25-26-37(34)43)32(2)21-18-27-42(9,10)45-31-44-12/h17,23-24,32,35-39H,1,18-22,25-31H2,2-16H3/b33-23?,34-24+/t32-,35?,36-,37+,38-,39-,43-/m1/s1. The number of methoxy groups -OCH3 is 1. The molecule has 0 amide bonds. The van der Waals surface area contributed by atoms with E-state index in [4.69, 9.17) is 18.3 Å². The third-order valence-corrected chi connectivity index (χ3v) is 23.1. The maximum Gasteiger partial charge on any atom is 0.192 e. The van der Waals surface area contributed by atoms with Gasteiger partial charge in [0, 0.05) is 13.0 Å². The normalized spacial score (nSPS) is 30.4. The molecule has 3 aliphatic rings. The first-order valence-corrected chi connectivity index (χ1v) is 25.8. The van der Waals surface area contributed by atoms with Crippen molar-refractivity contribution in [2.75, 3.05) is 13.9 Å². The Bertz CT molecular complexity index is 1100. The van der Waals surface area contributed by atoms with Crippen LogP contribution in [0.3, 0.4) is 0 Å². The molecule has 0 aromatic carbocycles. The van der Waals surface area contributed by atoms with Crippen LogP contribution in [0.25, 0.3) is 0 Å². The van der Waals surface area contributed by atoms with Crippen molar-refractivity contribution in [1.29, 1.82) is 0 Å². The van der Waals surface area contributed by atoms with Crippen LogP contribution in [0.5, 0.6) is 0 Å². The third-order valence-electron chi connectivity index (χ3n) is 14.1. The molecule has 3 fully saturated rings. The Kier molecular flexibility index (Phi) is 14.6. The van der Waals surface area contributed by atoms with Crippen LogP contribution in [-0.2, 0) is 18.3 Å². The minimum atomic E-state index is -1.98. The van der Waals surface area contributed by atoms with Crippen molar-refractivity contribution < 1.29 is 18.3 Å². The average molecular weight is 717 g/mol. The van der Waals surface area contributed by atoms with E-state index in [-0.39, 0.29) is 27.9 Å². The van der Waals surface area contributed by atoms with Crippen molar-refractivity contribution in [1.82, 2.24) is 0 Å². The van der Waals surface area contributed by atoms with Gasteiger partial charge in [-0.15, -0.1) is 6.58 Å². The number of fused-ring (bicyclic) bond motifs is 1. The minimum Gasteiger partial charge on any atom is -0.413 e. The van der Waals surface area contributed by atoms with E-state index in [1.807, 2.05) is 0 Å². The maximum absolute atomic E-state index is 7.31. The molecule has 0 heterocycles. The number of hydrogen-bond acceptors (Lipinski definition) is 4. The zero-order valence-electron chi connectivity index (χ0n) is 35.0. The second-order valence-electron chi connectivity index (χ2n) is 20.3. The Labute approximate surface area is 306 Å². The van der Waals surface area contributed by atoms with Gasteiger partial charge < -0.3 is 18.3 Å². The van der Waals surface area contributed by atoms with Crippen LogP contribution < -0.4 is 0 Å². The first kappa shape index (κ1) is 42.9. The minimum absolute atomic E-state index is 0.125. The van der Waals surface area contributed by atoms with E-state index in [1.54, 1.807) is 12.7 Å². The van der Waals surface area contributed by atoms with Crippen molar-refractivity contribution in [3.05, 3.63) is 36.0 Å². The smallest absolute Gasteiger partial charge is 0.192 e. The van der Waals surface area contributed by atoms with Gasteiger partial charge in [0.25, 0.3) is 0 Å². The molecule has 0 unspecified atom stereocenters. The highest BCUT2D eigenvalue weighted by Crippen LogP contribution is 2.60. The topological polar surface area (TPSA) is 36.9 Å².